The summed E-state index contributed by atoms with van der Waals surface area (Å²) in [5.41, 5.74) is 1.67. The van der Waals surface area contributed by atoms with Crippen molar-refractivity contribution in [1.82, 2.24) is 10.2 Å². The average Bonchev–Trinajstić information content (AvgIpc) is 2.86. The molecule has 1 N–H and O–H groups in total. The Bertz CT molecular complexity index is 935. The van der Waals surface area contributed by atoms with Crippen LogP contribution in [0.5, 0.6) is 0 Å². The van der Waals surface area contributed by atoms with Crippen molar-refractivity contribution >= 4 is 11.8 Å². The molecule has 0 aromatic heterocycles. The van der Waals surface area contributed by atoms with Crippen LogP contribution in [-0.4, -0.2) is 28.8 Å². The van der Waals surface area contributed by atoms with Crippen molar-refractivity contribution in [3.05, 3.63) is 83.9 Å². The minimum atomic E-state index is -0.500. The summed E-state index contributed by atoms with van der Waals surface area (Å²) in [5, 5.41) is 3.35. The summed E-state index contributed by atoms with van der Waals surface area (Å²) < 4.78 is 0. The van der Waals surface area contributed by atoms with Gasteiger partial charge in [0.25, 0.3) is 5.91 Å². The van der Waals surface area contributed by atoms with Gasteiger partial charge in [-0.1, -0.05) is 86.9 Å². The van der Waals surface area contributed by atoms with Gasteiger partial charge in [-0.2, -0.15) is 0 Å². The second-order valence-electron chi connectivity index (χ2n) is 9.66. The minimum Gasteiger partial charge on any atom is -0.352 e. The standard InChI is InChI=1S/C29H36N2O2/c1-22-13-11-12-20-26(22)27(28(32)30-25-18-9-4-10-19-25)31(21-23-14-5-2-6-15-23)29(33)24-16-7-3-8-17-24/h2-3,5-8,11-12,14-17,22,25-27H,4,9-10,13,18-21H2,1H3,(H,30,32). The van der Waals surface area contributed by atoms with Crippen molar-refractivity contribution in [2.75, 3.05) is 0 Å². The normalized spacial score (nSPS) is 21.8. The molecule has 0 radical (unpaired) electrons. The van der Waals surface area contributed by atoms with Crippen LogP contribution < -0.4 is 5.32 Å². The average molecular weight is 445 g/mol. The number of carbonyl (C=O) groups is 2. The molecule has 0 bridgehead atoms. The van der Waals surface area contributed by atoms with E-state index in [-0.39, 0.29) is 23.8 Å². The highest BCUT2D eigenvalue weighted by molar-refractivity contribution is 5.97. The van der Waals surface area contributed by atoms with Gasteiger partial charge < -0.3 is 10.2 Å². The van der Waals surface area contributed by atoms with E-state index in [1.807, 2.05) is 65.6 Å². The fourth-order valence-electron chi connectivity index (χ4n) is 5.34. The fourth-order valence-corrected chi connectivity index (χ4v) is 5.34. The van der Waals surface area contributed by atoms with E-state index >= 15 is 0 Å². The van der Waals surface area contributed by atoms with E-state index in [1.165, 1.54) is 6.42 Å². The summed E-state index contributed by atoms with van der Waals surface area (Å²) in [7, 11) is 0. The first-order valence-electron chi connectivity index (χ1n) is 12.5. The number of carbonyl (C=O) groups excluding carboxylic acids is 2. The Morgan fingerprint density at radius 1 is 0.909 bits per heavy atom. The predicted octanol–water partition coefficient (Wildman–Crippen LogP) is 5.75. The molecule has 4 rings (SSSR count). The van der Waals surface area contributed by atoms with Gasteiger partial charge in [0.2, 0.25) is 5.91 Å². The second-order valence-corrected chi connectivity index (χ2v) is 9.66. The number of benzene rings is 2. The number of hydrogen-bond acceptors (Lipinski definition) is 2. The molecular formula is C29H36N2O2. The first kappa shape index (κ1) is 23.3. The number of nitrogens with zero attached hydrogens (tertiary/aromatic N) is 1. The van der Waals surface area contributed by atoms with Crippen LogP contribution >= 0.6 is 0 Å². The number of amides is 2. The molecular weight excluding hydrogens is 408 g/mol. The third kappa shape index (κ3) is 5.93. The Kier molecular flexibility index (Phi) is 7.98. The lowest BCUT2D eigenvalue weighted by molar-refractivity contribution is -0.129. The summed E-state index contributed by atoms with van der Waals surface area (Å²) in [6.45, 7) is 2.63. The van der Waals surface area contributed by atoms with Gasteiger partial charge in [-0.15, -0.1) is 0 Å². The highest BCUT2D eigenvalue weighted by Gasteiger charge is 2.40. The van der Waals surface area contributed by atoms with E-state index in [4.69, 9.17) is 0 Å². The molecule has 0 spiro atoms. The molecule has 3 unspecified atom stereocenters. The Labute approximate surface area is 198 Å². The number of hydrogen-bond donors (Lipinski definition) is 1. The molecule has 1 saturated carbocycles. The van der Waals surface area contributed by atoms with Gasteiger partial charge in [-0.05, 0) is 55.2 Å². The largest absolute Gasteiger partial charge is 0.352 e. The lowest BCUT2D eigenvalue weighted by atomic mass is 9.78. The van der Waals surface area contributed by atoms with Crippen molar-refractivity contribution in [2.24, 2.45) is 11.8 Å². The maximum Gasteiger partial charge on any atom is 0.254 e. The van der Waals surface area contributed by atoms with Gasteiger partial charge in [0, 0.05) is 18.2 Å². The molecule has 4 nitrogen and oxygen atoms in total. The predicted molar refractivity (Wildman–Crippen MR) is 133 cm³/mol. The van der Waals surface area contributed by atoms with Crippen LogP contribution in [-0.2, 0) is 11.3 Å². The van der Waals surface area contributed by atoms with Crippen molar-refractivity contribution in [3.8, 4) is 0 Å². The Morgan fingerprint density at radius 2 is 1.55 bits per heavy atom. The van der Waals surface area contributed by atoms with Crippen LogP contribution in [0.15, 0.2) is 72.8 Å². The van der Waals surface area contributed by atoms with Gasteiger partial charge >= 0.3 is 0 Å². The molecule has 0 heterocycles. The highest BCUT2D eigenvalue weighted by atomic mass is 16.2. The molecule has 33 heavy (non-hydrogen) atoms. The van der Waals surface area contributed by atoms with Crippen molar-refractivity contribution in [1.29, 1.82) is 0 Å². The van der Waals surface area contributed by atoms with Gasteiger partial charge in [0.15, 0.2) is 0 Å². The third-order valence-electron chi connectivity index (χ3n) is 7.25. The molecule has 1 fully saturated rings. The van der Waals surface area contributed by atoms with E-state index in [2.05, 4.69) is 24.4 Å². The van der Waals surface area contributed by atoms with Crippen LogP contribution in [0, 0.1) is 11.8 Å². The molecule has 2 aliphatic rings. The van der Waals surface area contributed by atoms with Gasteiger partial charge in [0.05, 0.1) is 0 Å². The maximum atomic E-state index is 13.9. The Hall–Kier alpha value is -2.88. The number of allylic oxidation sites excluding steroid dienone is 2. The van der Waals surface area contributed by atoms with Gasteiger partial charge in [-0.25, -0.2) is 0 Å². The smallest absolute Gasteiger partial charge is 0.254 e. The molecule has 2 aromatic carbocycles. The summed E-state index contributed by atoms with van der Waals surface area (Å²) in [6, 6.07) is 19.1. The minimum absolute atomic E-state index is 0.00858. The third-order valence-corrected chi connectivity index (χ3v) is 7.25. The molecule has 2 aliphatic carbocycles. The molecule has 0 saturated heterocycles. The lowest BCUT2D eigenvalue weighted by Gasteiger charge is -2.40. The molecule has 4 heteroatoms. The first-order valence-corrected chi connectivity index (χ1v) is 12.5. The van der Waals surface area contributed by atoms with E-state index in [1.54, 1.807) is 0 Å². The van der Waals surface area contributed by atoms with Crippen molar-refractivity contribution < 1.29 is 9.59 Å². The first-order chi connectivity index (χ1) is 16.1. The van der Waals surface area contributed by atoms with Crippen LogP contribution in [0.2, 0.25) is 0 Å². The summed E-state index contributed by atoms with van der Waals surface area (Å²) in [5.74, 6) is 0.355. The van der Waals surface area contributed by atoms with Crippen LogP contribution in [0.1, 0.15) is 67.8 Å². The highest BCUT2D eigenvalue weighted by Crippen LogP contribution is 2.33. The van der Waals surface area contributed by atoms with Crippen molar-refractivity contribution in [3.63, 3.8) is 0 Å². The lowest BCUT2D eigenvalue weighted by Crippen LogP contribution is -2.56. The van der Waals surface area contributed by atoms with Crippen LogP contribution in [0.25, 0.3) is 0 Å². The summed E-state index contributed by atoms with van der Waals surface area (Å²) in [4.78, 5) is 29.6. The molecule has 2 amide bonds. The zero-order valence-electron chi connectivity index (χ0n) is 19.7. The van der Waals surface area contributed by atoms with Gasteiger partial charge in [-0.3, -0.25) is 9.59 Å². The maximum absolute atomic E-state index is 13.9. The van der Waals surface area contributed by atoms with Crippen molar-refractivity contribution in [2.45, 2.75) is 70.5 Å². The van der Waals surface area contributed by atoms with Crippen LogP contribution in [0.3, 0.4) is 0 Å². The molecule has 174 valence electrons. The topological polar surface area (TPSA) is 49.4 Å². The molecule has 3 atom stereocenters. The Morgan fingerprint density at radius 3 is 2.21 bits per heavy atom. The monoisotopic (exact) mass is 444 g/mol. The number of nitrogens with one attached hydrogen (secondary N) is 1. The second kappa shape index (κ2) is 11.3. The summed E-state index contributed by atoms with van der Waals surface area (Å²) in [6.07, 6.45) is 11.8. The zero-order chi connectivity index (χ0) is 23.0. The number of rotatable bonds is 7. The fraction of sp³-hybridized carbons (Fsp3) is 0.448. The summed E-state index contributed by atoms with van der Waals surface area (Å²) >= 11 is 0. The SMILES string of the molecule is CC1CC=CCC1C(C(=O)NC1CCCCC1)N(Cc1ccccc1)C(=O)c1ccccc1. The van der Waals surface area contributed by atoms with E-state index < -0.39 is 6.04 Å². The van der Waals surface area contributed by atoms with E-state index in [0.717, 1.165) is 44.1 Å². The quantitative estimate of drug-likeness (QED) is 0.553. The zero-order valence-corrected chi connectivity index (χ0v) is 19.7. The molecule has 0 aliphatic heterocycles. The molecule has 2 aromatic rings. The van der Waals surface area contributed by atoms with Gasteiger partial charge in [0.1, 0.15) is 6.04 Å². The Balaban J connectivity index is 1.69. The van der Waals surface area contributed by atoms with Crippen LogP contribution in [0.4, 0.5) is 0 Å². The van der Waals surface area contributed by atoms with E-state index in [9.17, 15) is 9.59 Å². The van der Waals surface area contributed by atoms with E-state index in [0.29, 0.717) is 18.0 Å².